The van der Waals surface area contributed by atoms with Crippen LogP contribution in [0.1, 0.15) is 22.3 Å². The summed E-state index contributed by atoms with van der Waals surface area (Å²) in [5.74, 6) is -0.928. The second kappa shape index (κ2) is 9.62. The highest BCUT2D eigenvalue weighted by Crippen LogP contribution is 2.16. The number of benzene rings is 1. The Balaban J connectivity index is 1.82. The molecule has 2 amide bonds. The predicted molar refractivity (Wildman–Crippen MR) is 98.8 cm³/mol. The summed E-state index contributed by atoms with van der Waals surface area (Å²) >= 11 is 0.922. The van der Waals surface area contributed by atoms with E-state index in [2.05, 4.69) is 14.9 Å². The first-order valence-electron chi connectivity index (χ1n) is 8.10. The summed E-state index contributed by atoms with van der Waals surface area (Å²) in [6, 6.07) is 6.86. The minimum absolute atomic E-state index is 0.185. The number of nitrogens with zero attached hydrogens (tertiary/aromatic N) is 3. The molecular weight excluding hydrogens is 372 g/mol. The highest BCUT2D eigenvalue weighted by Gasteiger charge is 2.20. The molecule has 0 aliphatic carbocycles. The van der Waals surface area contributed by atoms with Gasteiger partial charge in [0.05, 0.1) is 19.3 Å². The molecule has 27 heavy (non-hydrogen) atoms. The number of carbonyl (C=O) groups is 3. The Morgan fingerprint density at radius 2 is 2.07 bits per heavy atom. The van der Waals surface area contributed by atoms with Crippen molar-refractivity contribution in [2.75, 3.05) is 32.6 Å². The van der Waals surface area contributed by atoms with Gasteiger partial charge in [0, 0.05) is 18.8 Å². The van der Waals surface area contributed by atoms with Crippen molar-refractivity contribution in [3.05, 3.63) is 34.8 Å². The quantitative estimate of drug-likeness (QED) is 0.675. The lowest BCUT2D eigenvalue weighted by molar-refractivity contribution is -0.136. The number of aryl methyl sites for hydroxylation is 1. The third kappa shape index (κ3) is 5.74. The summed E-state index contributed by atoms with van der Waals surface area (Å²) in [6.45, 7) is 1.19. The van der Waals surface area contributed by atoms with E-state index in [0.717, 1.165) is 11.5 Å². The van der Waals surface area contributed by atoms with Crippen LogP contribution in [0.4, 0.5) is 5.69 Å². The first-order valence-corrected chi connectivity index (χ1v) is 8.88. The molecule has 0 saturated carbocycles. The van der Waals surface area contributed by atoms with Gasteiger partial charge in [0.1, 0.15) is 5.75 Å². The summed E-state index contributed by atoms with van der Waals surface area (Å²) in [5.41, 5.74) is 1.08. The monoisotopic (exact) mass is 392 g/mol. The second-order valence-corrected chi connectivity index (χ2v) is 6.26. The number of carbonyl (C=O) groups excluding carboxylic acids is 3. The Morgan fingerprint density at radius 1 is 1.30 bits per heavy atom. The lowest BCUT2D eigenvalue weighted by atomic mass is 10.3. The van der Waals surface area contributed by atoms with Crippen molar-refractivity contribution in [2.24, 2.45) is 0 Å². The maximum atomic E-state index is 12.1. The highest BCUT2D eigenvalue weighted by atomic mass is 32.1. The van der Waals surface area contributed by atoms with E-state index in [1.54, 1.807) is 24.3 Å². The van der Waals surface area contributed by atoms with Crippen molar-refractivity contribution in [1.29, 1.82) is 0 Å². The van der Waals surface area contributed by atoms with E-state index in [1.165, 1.54) is 19.1 Å². The Hall–Kier alpha value is -3.01. The van der Waals surface area contributed by atoms with Gasteiger partial charge < -0.3 is 19.7 Å². The molecule has 0 aliphatic heterocycles. The first-order chi connectivity index (χ1) is 12.9. The van der Waals surface area contributed by atoms with Crippen molar-refractivity contribution >= 4 is 35.0 Å². The molecular formula is C17H20N4O5S. The van der Waals surface area contributed by atoms with E-state index < -0.39 is 18.5 Å². The number of rotatable bonds is 8. The van der Waals surface area contributed by atoms with E-state index in [1.807, 2.05) is 6.92 Å². The first kappa shape index (κ1) is 20.3. The molecule has 0 unspecified atom stereocenters. The van der Waals surface area contributed by atoms with E-state index in [9.17, 15) is 14.4 Å². The lowest BCUT2D eigenvalue weighted by Gasteiger charge is -2.16. The van der Waals surface area contributed by atoms with Gasteiger partial charge in [-0.05, 0) is 30.1 Å². The van der Waals surface area contributed by atoms with Crippen LogP contribution in [-0.2, 0) is 20.7 Å². The molecule has 2 aromatic rings. The summed E-state index contributed by atoms with van der Waals surface area (Å²) in [6.07, 6.45) is 0.541. The van der Waals surface area contributed by atoms with Gasteiger partial charge >= 0.3 is 5.97 Å². The SMILES string of the molecule is CCc1nnsc1C(=O)OCC(=O)N(C)CC(=O)Nc1cccc(OC)c1. The highest BCUT2D eigenvalue weighted by molar-refractivity contribution is 7.07. The predicted octanol–water partition coefficient (Wildman–Crippen LogP) is 1.36. The number of ether oxygens (including phenoxy) is 2. The van der Waals surface area contributed by atoms with Crippen LogP contribution in [0.2, 0.25) is 0 Å². The average Bonchev–Trinajstić information content (AvgIpc) is 3.14. The van der Waals surface area contributed by atoms with E-state index in [0.29, 0.717) is 23.6 Å². The fraction of sp³-hybridized carbons (Fsp3) is 0.353. The lowest BCUT2D eigenvalue weighted by Crippen LogP contribution is -2.37. The van der Waals surface area contributed by atoms with Crippen LogP contribution in [0.25, 0.3) is 0 Å². The van der Waals surface area contributed by atoms with Crippen LogP contribution in [0.3, 0.4) is 0 Å². The fourth-order valence-corrected chi connectivity index (χ4v) is 2.75. The van der Waals surface area contributed by atoms with Crippen molar-refractivity contribution < 1.29 is 23.9 Å². The smallest absolute Gasteiger partial charge is 0.352 e. The molecule has 0 aliphatic rings. The van der Waals surface area contributed by atoms with Gasteiger partial charge in [-0.3, -0.25) is 9.59 Å². The Morgan fingerprint density at radius 3 is 2.78 bits per heavy atom. The topological polar surface area (TPSA) is 111 Å². The number of methoxy groups -OCH3 is 1. The number of nitrogens with one attached hydrogen (secondary N) is 1. The largest absolute Gasteiger partial charge is 0.497 e. The van der Waals surface area contributed by atoms with Gasteiger partial charge in [-0.25, -0.2) is 4.79 Å². The number of esters is 1. The zero-order valence-corrected chi connectivity index (χ0v) is 16.0. The van der Waals surface area contributed by atoms with Crippen LogP contribution in [-0.4, -0.2) is 59.6 Å². The van der Waals surface area contributed by atoms with Gasteiger partial charge in [0.25, 0.3) is 5.91 Å². The van der Waals surface area contributed by atoms with Crippen LogP contribution in [0, 0.1) is 0 Å². The molecule has 0 bridgehead atoms. The molecule has 0 atom stereocenters. The molecule has 0 saturated heterocycles. The van der Waals surface area contributed by atoms with Crippen LogP contribution in [0.5, 0.6) is 5.75 Å². The summed E-state index contributed by atoms with van der Waals surface area (Å²) in [5, 5.41) is 6.49. The Labute approximate surface area is 160 Å². The molecule has 144 valence electrons. The van der Waals surface area contributed by atoms with Gasteiger partial charge in [-0.15, -0.1) is 5.10 Å². The normalized spacial score (nSPS) is 10.2. The molecule has 0 fully saturated rings. The summed E-state index contributed by atoms with van der Waals surface area (Å²) in [4.78, 5) is 37.6. The van der Waals surface area contributed by atoms with Crippen molar-refractivity contribution in [3.8, 4) is 5.75 Å². The molecule has 2 rings (SSSR count). The summed E-state index contributed by atoms with van der Waals surface area (Å²) in [7, 11) is 2.98. The number of hydrogen-bond acceptors (Lipinski definition) is 8. The van der Waals surface area contributed by atoms with Gasteiger partial charge in [-0.1, -0.05) is 17.5 Å². The minimum atomic E-state index is -0.649. The van der Waals surface area contributed by atoms with Crippen molar-refractivity contribution in [3.63, 3.8) is 0 Å². The Kier molecular flexibility index (Phi) is 7.24. The standard InChI is InChI=1S/C17H20N4O5S/c1-4-13-16(27-20-19-13)17(24)26-10-15(23)21(2)9-14(22)18-11-6-5-7-12(8-11)25-3/h5-8H,4,9-10H2,1-3H3,(H,18,22). The van der Waals surface area contributed by atoms with Gasteiger partial charge in [0.2, 0.25) is 5.91 Å². The maximum absolute atomic E-state index is 12.1. The molecule has 10 heteroatoms. The van der Waals surface area contributed by atoms with Crippen LogP contribution >= 0.6 is 11.5 Å². The fourth-order valence-electron chi connectivity index (χ4n) is 2.10. The van der Waals surface area contributed by atoms with Crippen LogP contribution in [0.15, 0.2) is 24.3 Å². The molecule has 1 N–H and O–H groups in total. The number of anilines is 1. The van der Waals surface area contributed by atoms with Crippen LogP contribution < -0.4 is 10.1 Å². The number of aromatic nitrogens is 2. The van der Waals surface area contributed by atoms with Gasteiger partial charge in [0.15, 0.2) is 11.5 Å². The molecule has 0 radical (unpaired) electrons. The molecule has 9 nitrogen and oxygen atoms in total. The minimum Gasteiger partial charge on any atom is -0.497 e. The third-order valence-corrected chi connectivity index (χ3v) is 4.31. The number of amides is 2. The number of hydrogen-bond donors (Lipinski definition) is 1. The van der Waals surface area contributed by atoms with E-state index >= 15 is 0 Å². The van der Waals surface area contributed by atoms with Crippen molar-refractivity contribution in [1.82, 2.24) is 14.5 Å². The molecule has 1 aromatic carbocycles. The maximum Gasteiger partial charge on any atom is 0.352 e. The third-order valence-electron chi connectivity index (χ3n) is 3.56. The zero-order chi connectivity index (χ0) is 19.8. The average molecular weight is 392 g/mol. The Bertz CT molecular complexity index is 823. The van der Waals surface area contributed by atoms with E-state index in [4.69, 9.17) is 9.47 Å². The molecule has 0 spiro atoms. The summed E-state index contributed by atoms with van der Waals surface area (Å²) < 4.78 is 13.8. The van der Waals surface area contributed by atoms with E-state index in [-0.39, 0.29) is 17.3 Å². The second-order valence-electron chi connectivity index (χ2n) is 5.51. The molecule has 1 aromatic heterocycles. The molecule has 1 heterocycles. The van der Waals surface area contributed by atoms with Crippen molar-refractivity contribution in [2.45, 2.75) is 13.3 Å². The van der Waals surface area contributed by atoms with Gasteiger partial charge in [-0.2, -0.15) is 0 Å². The number of likely N-dealkylation sites (N-methyl/N-ethyl adjacent to an activating group) is 1. The zero-order valence-electron chi connectivity index (χ0n) is 15.2.